The summed E-state index contributed by atoms with van der Waals surface area (Å²) in [6.45, 7) is 1.81. The van der Waals surface area contributed by atoms with Gasteiger partial charge in [0.05, 0.1) is 44.0 Å². The first-order valence-electron chi connectivity index (χ1n) is 10.4. The second-order valence-corrected chi connectivity index (χ2v) is 7.28. The number of para-hydroxylation sites is 2. The average molecular weight is 444 g/mol. The van der Waals surface area contributed by atoms with Gasteiger partial charge in [0.25, 0.3) is 5.56 Å². The molecule has 0 saturated carbocycles. The van der Waals surface area contributed by atoms with Crippen molar-refractivity contribution >= 4 is 11.4 Å². The minimum absolute atomic E-state index is 0.199. The molecule has 0 amide bonds. The normalized spacial score (nSPS) is 11.3. The predicted molar refractivity (Wildman–Crippen MR) is 130 cm³/mol. The number of H-pyrrole nitrogens is 1. The van der Waals surface area contributed by atoms with Gasteiger partial charge in [-0.25, -0.2) is 9.67 Å². The van der Waals surface area contributed by atoms with Gasteiger partial charge in [-0.15, -0.1) is 0 Å². The van der Waals surface area contributed by atoms with Gasteiger partial charge in [-0.3, -0.25) is 9.89 Å². The zero-order valence-corrected chi connectivity index (χ0v) is 19.0. The van der Waals surface area contributed by atoms with Crippen LogP contribution in [0, 0.1) is 0 Å². The van der Waals surface area contributed by atoms with Gasteiger partial charge in [-0.05, 0) is 55.5 Å². The zero-order chi connectivity index (χ0) is 23.4. The molecule has 7 heteroatoms. The van der Waals surface area contributed by atoms with Crippen LogP contribution in [0.4, 0.5) is 5.69 Å². The van der Waals surface area contributed by atoms with Crippen molar-refractivity contribution in [2.24, 2.45) is 4.99 Å². The first-order chi connectivity index (χ1) is 16.1. The van der Waals surface area contributed by atoms with Crippen LogP contribution >= 0.6 is 0 Å². The Morgan fingerprint density at radius 3 is 2.21 bits per heavy atom. The largest absolute Gasteiger partial charge is 0.497 e. The van der Waals surface area contributed by atoms with Crippen LogP contribution in [0.5, 0.6) is 17.2 Å². The molecule has 33 heavy (non-hydrogen) atoms. The van der Waals surface area contributed by atoms with E-state index in [2.05, 4.69) is 5.10 Å². The summed E-state index contributed by atoms with van der Waals surface area (Å²) in [7, 11) is 4.75. The molecule has 0 saturated heterocycles. The lowest BCUT2D eigenvalue weighted by molar-refractivity contribution is 0.356. The third-order valence-corrected chi connectivity index (χ3v) is 5.32. The lowest BCUT2D eigenvalue weighted by atomic mass is 10.0. The number of hydrogen-bond acceptors (Lipinski definition) is 5. The van der Waals surface area contributed by atoms with Crippen LogP contribution < -0.4 is 19.8 Å². The standard InChI is InChI=1S/C26H25N3O4/c1-17(27-21-11-8-12-22(32-3)25(21)33-4)23-24(18-13-15-20(31-2)16-14-18)28-29(26(23)30)19-9-6-5-7-10-19/h5-16,28H,1-4H3. The number of nitrogens with zero attached hydrogens (tertiary/aromatic N) is 2. The highest BCUT2D eigenvalue weighted by Crippen LogP contribution is 2.37. The van der Waals surface area contributed by atoms with Gasteiger partial charge in [0.1, 0.15) is 11.4 Å². The van der Waals surface area contributed by atoms with Crippen molar-refractivity contribution in [3.8, 4) is 34.2 Å². The number of aromatic nitrogens is 2. The monoisotopic (exact) mass is 443 g/mol. The van der Waals surface area contributed by atoms with Gasteiger partial charge in [0.15, 0.2) is 11.5 Å². The van der Waals surface area contributed by atoms with E-state index in [9.17, 15) is 4.79 Å². The van der Waals surface area contributed by atoms with E-state index in [4.69, 9.17) is 19.2 Å². The summed E-state index contributed by atoms with van der Waals surface area (Å²) in [5.74, 6) is 1.80. The van der Waals surface area contributed by atoms with Gasteiger partial charge in [-0.1, -0.05) is 24.3 Å². The quantitative estimate of drug-likeness (QED) is 0.408. The summed E-state index contributed by atoms with van der Waals surface area (Å²) in [6, 6.07) is 22.4. The lowest BCUT2D eigenvalue weighted by Crippen LogP contribution is -2.19. The molecule has 0 fully saturated rings. The highest BCUT2D eigenvalue weighted by Gasteiger charge is 2.20. The molecule has 7 nitrogen and oxygen atoms in total. The van der Waals surface area contributed by atoms with Gasteiger partial charge in [0, 0.05) is 5.56 Å². The maximum Gasteiger partial charge on any atom is 0.280 e. The molecule has 4 rings (SSSR count). The molecule has 168 valence electrons. The summed E-state index contributed by atoms with van der Waals surface area (Å²) in [5, 5.41) is 3.26. The smallest absolute Gasteiger partial charge is 0.280 e. The summed E-state index contributed by atoms with van der Waals surface area (Å²) < 4.78 is 17.7. The summed E-state index contributed by atoms with van der Waals surface area (Å²) >= 11 is 0. The van der Waals surface area contributed by atoms with Crippen molar-refractivity contribution in [1.29, 1.82) is 0 Å². The maximum atomic E-state index is 13.6. The molecular weight excluding hydrogens is 418 g/mol. The van der Waals surface area contributed by atoms with Crippen LogP contribution in [0.25, 0.3) is 16.9 Å². The SMILES string of the molecule is COc1ccc(-c2[nH]n(-c3ccccc3)c(=O)c2C(C)=Nc2cccc(OC)c2OC)cc1. The number of hydrogen-bond donors (Lipinski definition) is 1. The molecule has 4 aromatic rings. The third-order valence-electron chi connectivity index (χ3n) is 5.32. The molecule has 0 aliphatic heterocycles. The Hall–Kier alpha value is -4.26. The van der Waals surface area contributed by atoms with Crippen molar-refractivity contribution in [1.82, 2.24) is 9.78 Å². The highest BCUT2D eigenvalue weighted by molar-refractivity contribution is 6.05. The van der Waals surface area contributed by atoms with Crippen LogP contribution in [0.2, 0.25) is 0 Å². The summed E-state index contributed by atoms with van der Waals surface area (Å²) in [5.41, 5.74) is 3.61. The van der Waals surface area contributed by atoms with E-state index in [-0.39, 0.29) is 5.56 Å². The van der Waals surface area contributed by atoms with Gasteiger partial charge in [-0.2, -0.15) is 0 Å². The number of aliphatic imine (C=N–C) groups is 1. The molecule has 1 heterocycles. The molecule has 1 N–H and O–H groups in total. The van der Waals surface area contributed by atoms with E-state index < -0.39 is 0 Å². The van der Waals surface area contributed by atoms with Gasteiger partial charge < -0.3 is 14.2 Å². The second-order valence-electron chi connectivity index (χ2n) is 7.28. The number of rotatable bonds is 7. The van der Waals surface area contributed by atoms with E-state index in [1.807, 2.05) is 73.7 Å². The van der Waals surface area contributed by atoms with Crippen LogP contribution in [-0.2, 0) is 0 Å². The molecule has 0 unspecified atom stereocenters. The van der Waals surface area contributed by atoms with Crippen molar-refractivity contribution in [2.75, 3.05) is 21.3 Å². The fourth-order valence-electron chi connectivity index (χ4n) is 3.69. The van der Waals surface area contributed by atoms with E-state index in [0.717, 1.165) is 17.0 Å². The average Bonchev–Trinajstić information content (AvgIpc) is 3.21. The summed E-state index contributed by atoms with van der Waals surface area (Å²) in [6.07, 6.45) is 0. The topological polar surface area (TPSA) is 77.8 Å². The summed E-state index contributed by atoms with van der Waals surface area (Å²) in [4.78, 5) is 18.3. The van der Waals surface area contributed by atoms with Crippen molar-refractivity contribution in [3.63, 3.8) is 0 Å². The van der Waals surface area contributed by atoms with Crippen molar-refractivity contribution < 1.29 is 14.2 Å². The van der Waals surface area contributed by atoms with Gasteiger partial charge >= 0.3 is 0 Å². The van der Waals surface area contributed by atoms with Crippen molar-refractivity contribution in [3.05, 3.63) is 88.7 Å². The first-order valence-corrected chi connectivity index (χ1v) is 10.4. The first kappa shape index (κ1) is 22.0. The third kappa shape index (κ3) is 4.25. The lowest BCUT2D eigenvalue weighted by Gasteiger charge is -2.10. The maximum absolute atomic E-state index is 13.6. The number of ether oxygens (including phenoxy) is 3. The van der Waals surface area contributed by atoms with E-state index in [0.29, 0.717) is 34.2 Å². The highest BCUT2D eigenvalue weighted by atomic mass is 16.5. The number of aromatic amines is 1. The fourth-order valence-corrected chi connectivity index (χ4v) is 3.69. The Morgan fingerprint density at radius 2 is 1.58 bits per heavy atom. The number of methoxy groups -OCH3 is 3. The van der Waals surface area contributed by atoms with E-state index >= 15 is 0 Å². The number of nitrogens with one attached hydrogen (secondary N) is 1. The van der Waals surface area contributed by atoms with Gasteiger partial charge in [0.2, 0.25) is 0 Å². The fraction of sp³-hybridized carbons (Fsp3) is 0.154. The molecule has 0 aliphatic rings. The van der Waals surface area contributed by atoms with Crippen molar-refractivity contribution in [2.45, 2.75) is 6.92 Å². The van der Waals surface area contributed by atoms with E-state index in [1.54, 1.807) is 27.4 Å². The molecular formula is C26H25N3O4. The van der Waals surface area contributed by atoms with Crippen LogP contribution in [0.3, 0.4) is 0 Å². The molecule has 0 aliphatic carbocycles. The minimum Gasteiger partial charge on any atom is -0.497 e. The van der Waals surface area contributed by atoms with Crippen LogP contribution in [-0.4, -0.2) is 36.8 Å². The minimum atomic E-state index is -0.199. The Kier molecular flexibility index (Phi) is 6.31. The Morgan fingerprint density at radius 1 is 0.848 bits per heavy atom. The van der Waals surface area contributed by atoms with E-state index in [1.165, 1.54) is 4.68 Å². The Bertz CT molecular complexity index is 1340. The van der Waals surface area contributed by atoms with Crippen LogP contribution in [0.1, 0.15) is 12.5 Å². The molecule has 3 aromatic carbocycles. The molecule has 0 bridgehead atoms. The molecule has 0 radical (unpaired) electrons. The predicted octanol–water partition coefficient (Wildman–Crippen LogP) is 5.00. The van der Waals surface area contributed by atoms with Crippen LogP contribution in [0.15, 0.2) is 82.6 Å². The Balaban J connectivity index is 1.92. The number of benzene rings is 3. The second kappa shape index (κ2) is 9.48. The molecule has 0 atom stereocenters. The molecule has 1 aromatic heterocycles. The Labute approximate surface area is 191 Å². The molecule has 0 spiro atoms. The zero-order valence-electron chi connectivity index (χ0n) is 19.0.